The molecule has 0 saturated carbocycles. The van der Waals surface area contributed by atoms with Crippen LogP contribution in [-0.4, -0.2) is 9.97 Å². The second-order valence-electron chi connectivity index (χ2n) is 28.5. The average molecular weight is 1400 g/mol. The van der Waals surface area contributed by atoms with Gasteiger partial charge in [-0.1, -0.05) is 340 Å². The van der Waals surface area contributed by atoms with Crippen LogP contribution in [0.4, 0.5) is 0 Å². The average Bonchev–Trinajstić information content (AvgIpc) is 0.900. The largest absolute Gasteiger partial charge is 0.436 e. The van der Waals surface area contributed by atoms with E-state index in [1.54, 1.807) is 0 Å². The first-order valence-corrected chi connectivity index (χ1v) is 37.6. The van der Waals surface area contributed by atoms with Crippen LogP contribution >= 0.6 is 0 Å². The molecule has 0 radical (unpaired) electrons. The number of oxazole rings is 2. The molecule has 2 aromatic heterocycles. The smallest absolute Gasteiger partial charge is 0.227 e. The molecule has 0 aliphatic carbocycles. The maximum Gasteiger partial charge on any atom is 0.227 e. The van der Waals surface area contributed by atoms with Gasteiger partial charge in [-0.25, -0.2) is 9.97 Å². The van der Waals surface area contributed by atoms with Crippen molar-refractivity contribution in [2.45, 2.75) is 0 Å². The minimum Gasteiger partial charge on any atom is -0.436 e. The molecule has 512 valence electrons. The standard InChI is InChI=1S/2C53H33NO/c1-2-18-36(19-3-1)51-41-24-8-10-26-43(41)52(44-27-11-9-25-42(44)51)47-32-46(40-29-15-21-35-17-5-7-23-38(35)40)48(53-54-49-30-12-13-31-50(49)55-53)33-45(47)39-28-14-20-34-16-4-6-22-37(34)39;1-2-16-36(17-3-1)51-41-20-8-10-22-43(41)52(44-23-11-9-21-42(44)51)47-32-46(40-29-27-35-15-5-7-19-38(35)31-40)48(53-54-49-24-12-13-25-50(49)55-53)33-45(47)39-28-26-34-14-4-6-18-37(34)30-39/h2*1-33H. The van der Waals surface area contributed by atoms with Crippen LogP contribution in [0, 0.1) is 0 Å². The highest BCUT2D eigenvalue weighted by molar-refractivity contribution is 6.25. The van der Waals surface area contributed by atoms with Crippen molar-refractivity contribution in [3.05, 3.63) is 400 Å². The summed E-state index contributed by atoms with van der Waals surface area (Å²) in [4.78, 5) is 10.2. The Morgan fingerprint density at radius 3 is 0.873 bits per heavy atom. The summed E-state index contributed by atoms with van der Waals surface area (Å²) in [5, 5.41) is 19.3. The number of hydrogen-bond acceptors (Lipinski definition) is 4. The summed E-state index contributed by atoms with van der Waals surface area (Å²) in [6, 6.07) is 144. The van der Waals surface area contributed by atoms with Crippen molar-refractivity contribution in [1.29, 1.82) is 0 Å². The first-order chi connectivity index (χ1) is 54.6. The summed E-state index contributed by atoms with van der Waals surface area (Å²) >= 11 is 0. The fraction of sp³-hybridized carbons (Fsp3) is 0. The molecule has 22 rings (SSSR count). The number of benzene rings is 20. The molecule has 0 fully saturated rings. The summed E-state index contributed by atoms with van der Waals surface area (Å²) in [5.41, 5.74) is 23.7. The maximum atomic E-state index is 6.65. The molecule has 0 aliphatic rings. The summed E-state index contributed by atoms with van der Waals surface area (Å²) in [5.74, 6) is 1.21. The van der Waals surface area contributed by atoms with Crippen molar-refractivity contribution in [2.75, 3.05) is 0 Å². The number of fused-ring (bicyclic) bond motifs is 10. The van der Waals surface area contributed by atoms with E-state index in [0.29, 0.717) is 11.8 Å². The number of aromatic nitrogens is 2. The first kappa shape index (κ1) is 63.9. The van der Waals surface area contributed by atoms with E-state index in [9.17, 15) is 0 Å². The SMILES string of the molecule is c1ccc(-c2c3ccccc3c(-c3cc(-c4ccc5ccccc5c4)c(-c4nc5ccccc5o4)cc3-c3ccc4ccccc4c3)c3ccccc23)cc1.c1ccc(-c2c3ccccc3c(-c3cc(-c4cccc5ccccc45)c(-c4nc5ccccc5o4)cc3-c3cccc4ccccc34)c3ccccc23)cc1. The van der Waals surface area contributed by atoms with E-state index in [0.717, 1.165) is 89.0 Å². The van der Waals surface area contributed by atoms with Crippen molar-refractivity contribution in [3.63, 3.8) is 0 Å². The second kappa shape index (κ2) is 26.8. The van der Waals surface area contributed by atoms with Crippen molar-refractivity contribution in [3.8, 4) is 112 Å². The van der Waals surface area contributed by atoms with E-state index < -0.39 is 0 Å². The van der Waals surface area contributed by atoms with Gasteiger partial charge in [-0.3, -0.25) is 0 Å². The monoisotopic (exact) mass is 1400 g/mol. The summed E-state index contributed by atoms with van der Waals surface area (Å²) in [6.07, 6.45) is 0. The van der Waals surface area contributed by atoms with Crippen LogP contribution in [0.2, 0.25) is 0 Å². The predicted octanol–water partition coefficient (Wildman–Crippen LogP) is 29.6. The minimum absolute atomic E-state index is 0.603. The van der Waals surface area contributed by atoms with Gasteiger partial charge in [0.25, 0.3) is 0 Å². The lowest BCUT2D eigenvalue weighted by molar-refractivity contribution is 0.619. The van der Waals surface area contributed by atoms with Crippen LogP contribution in [0.5, 0.6) is 0 Å². The van der Waals surface area contributed by atoms with Gasteiger partial charge >= 0.3 is 0 Å². The molecule has 22 aromatic rings. The Bertz CT molecular complexity index is 7220. The fourth-order valence-electron chi connectivity index (χ4n) is 17.2. The Labute approximate surface area is 635 Å². The zero-order chi connectivity index (χ0) is 72.6. The second-order valence-corrected chi connectivity index (χ2v) is 28.5. The molecule has 0 unspecified atom stereocenters. The Kier molecular flexibility index (Phi) is 15.5. The van der Waals surface area contributed by atoms with Crippen molar-refractivity contribution >= 4 is 108 Å². The molecule has 0 spiro atoms. The summed E-state index contributed by atoms with van der Waals surface area (Å²) < 4.78 is 13.3. The topological polar surface area (TPSA) is 52.1 Å². The molecule has 0 aliphatic heterocycles. The Balaban J connectivity index is 0.000000140. The number of rotatable bonds is 10. The molecule has 4 heteroatoms. The minimum atomic E-state index is 0.603. The van der Waals surface area contributed by atoms with Gasteiger partial charge in [0, 0.05) is 11.1 Å². The van der Waals surface area contributed by atoms with Crippen LogP contribution in [-0.2, 0) is 0 Å². The highest BCUT2D eigenvalue weighted by Gasteiger charge is 2.28. The molecule has 0 N–H and O–H groups in total. The van der Waals surface area contributed by atoms with Gasteiger partial charge in [0.1, 0.15) is 11.0 Å². The molecule has 20 aromatic carbocycles. The van der Waals surface area contributed by atoms with Gasteiger partial charge in [0.2, 0.25) is 11.8 Å². The molecular formula is C106H66N2O2. The zero-order valence-electron chi connectivity index (χ0n) is 59.8. The van der Waals surface area contributed by atoms with E-state index in [-0.39, 0.29) is 0 Å². The lowest BCUT2D eigenvalue weighted by atomic mass is 9.81. The highest BCUT2D eigenvalue weighted by Crippen LogP contribution is 2.53. The molecule has 0 bridgehead atoms. The predicted molar refractivity (Wildman–Crippen MR) is 462 cm³/mol. The van der Waals surface area contributed by atoms with E-state index in [4.69, 9.17) is 18.8 Å². The normalized spacial score (nSPS) is 11.6. The van der Waals surface area contributed by atoms with Crippen LogP contribution < -0.4 is 0 Å². The van der Waals surface area contributed by atoms with Gasteiger partial charge < -0.3 is 8.83 Å². The fourth-order valence-corrected chi connectivity index (χ4v) is 17.2. The van der Waals surface area contributed by atoms with E-state index in [1.165, 1.54) is 120 Å². The molecule has 0 atom stereocenters. The quantitative estimate of drug-likeness (QED) is 0.128. The molecule has 110 heavy (non-hydrogen) atoms. The number of hydrogen-bond donors (Lipinski definition) is 0. The molecular weight excluding hydrogens is 1330 g/mol. The van der Waals surface area contributed by atoms with Gasteiger partial charge in [-0.2, -0.15) is 0 Å². The van der Waals surface area contributed by atoms with Gasteiger partial charge in [0.15, 0.2) is 11.2 Å². The Morgan fingerprint density at radius 1 is 0.155 bits per heavy atom. The van der Waals surface area contributed by atoms with Gasteiger partial charge in [0.05, 0.1) is 0 Å². The molecule has 2 heterocycles. The highest BCUT2D eigenvalue weighted by atomic mass is 16.4. The maximum absolute atomic E-state index is 6.65. The zero-order valence-corrected chi connectivity index (χ0v) is 59.8. The third-order valence-electron chi connectivity index (χ3n) is 22.2. The van der Waals surface area contributed by atoms with Crippen LogP contribution in [0.15, 0.2) is 409 Å². The van der Waals surface area contributed by atoms with E-state index in [1.807, 2.05) is 48.5 Å². The van der Waals surface area contributed by atoms with Gasteiger partial charge in [-0.15, -0.1) is 0 Å². The van der Waals surface area contributed by atoms with E-state index in [2.05, 4.69) is 352 Å². The lowest BCUT2D eigenvalue weighted by Gasteiger charge is -2.22. The third kappa shape index (κ3) is 11.0. The van der Waals surface area contributed by atoms with Gasteiger partial charge in [-0.05, 0) is 236 Å². The summed E-state index contributed by atoms with van der Waals surface area (Å²) in [6.45, 7) is 0. The van der Waals surface area contributed by atoms with Crippen molar-refractivity contribution < 1.29 is 8.83 Å². The van der Waals surface area contributed by atoms with Crippen LogP contribution in [0.1, 0.15) is 0 Å². The Hall–Kier alpha value is -14.6. The molecule has 0 amide bonds. The van der Waals surface area contributed by atoms with E-state index >= 15 is 0 Å². The summed E-state index contributed by atoms with van der Waals surface area (Å²) in [7, 11) is 0. The Morgan fingerprint density at radius 2 is 0.445 bits per heavy atom. The van der Waals surface area contributed by atoms with Crippen LogP contribution in [0.25, 0.3) is 220 Å². The number of para-hydroxylation sites is 4. The third-order valence-corrected chi connectivity index (χ3v) is 22.2. The molecule has 0 saturated heterocycles. The molecule has 4 nitrogen and oxygen atoms in total. The first-order valence-electron chi connectivity index (χ1n) is 37.6. The number of nitrogens with zero attached hydrogens (tertiary/aromatic N) is 2. The lowest BCUT2D eigenvalue weighted by Crippen LogP contribution is -1.96. The van der Waals surface area contributed by atoms with Crippen LogP contribution in [0.3, 0.4) is 0 Å². The van der Waals surface area contributed by atoms with Crippen molar-refractivity contribution in [2.24, 2.45) is 0 Å². The van der Waals surface area contributed by atoms with Crippen molar-refractivity contribution in [1.82, 2.24) is 9.97 Å².